The Morgan fingerprint density at radius 2 is 1.89 bits per heavy atom. The number of nitrogens with one attached hydrogen (secondary N) is 1. The molecule has 0 saturated carbocycles. The van der Waals surface area contributed by atoms with E-state index < -0.39 is 0 Å². The van der Waals surface area contributed by atoms with E-state index in [1.54, 1.807) is 0 Å². The van der Waals surface area contributed by atoms with Gasteiger partial charge in [0.05, 0.1) is 6.61 Å². The van der Waals surface area contributed by atoms with Crippen LogP contribution in [0.5, 0.6) is 0 Å². The second-order valence-electron chi connectivity index (χ2n) is 4.30. The van der Waals surface area contributed by atoms with Gasteiger partial charge in [0, 0.05) is 32.8 Å². The van der Waals surface area contributed by atoms with E-state index >= 15 is 0 Å². The van der Waals surface area contributed by atoms with E-state index in [0.717, 1.165) is 45.9 Å². The predicted molar refractivity (Wildman–Crippen MR) is 76.8 cm³/mol. The van der Waals surface area contributed by atoms with Crippen molar-refractivity contribution in [3.05, 3.63) is 35.9 Å². The molecule has 1 aromatic carbocycles. The molecule has 0 aliphatic heterocycles. The van der Waals surface area contributed by atoms with Crippen molar-refractivity contribution in [2.75, 3.05) is 39.4 Å². The van der Waals surface area contributed by atoms with Gasteiger partial charge in [-0.15, -0.1) is 0 Å². The van der Waals surface area contributed by atoms with Crippen molar-refractivity contribution >= 4 is 0 Å². The fraction of sp³-hybridized carbons (Fsp3) is 0.600. The summed E-state index contributed by atoms with van der Waals surface area (Å²) >= 11 is 0. The average Bonchev–Trinajstić information content (AvgIpc) is 2.42. The topological polar surface area (TPSA) is 24.5 Å². The summed E-state index contributed by atoms with van der Waals surface area (Å²) in [6.45, 7) is 11.0. The van der Waals surface area contributed by atoms with Crippen LogP contribution in [-0.2, 0) is 11.3 Å². The Morgan fingerprint density at radius 3 is 2.56 bits per heavy atom. The lowest BCUT2D eigenvalue weighted by Gasteiger charge is -2.20. The molecule has 3 nitrogen and oxygen atoms in total. The molecule has 1 N–H and O–H groups in total. The van der Waals surface area contributed by atoms with Crippen molar-refractivity contribution in [1.29, 1.82) is 0 Å². The summed E-state index contributed by atoms with van der Waals surface area (Å²) in [5, 5.41) is 3.40. The maximum Gasteiger partial charge on any atom is 0.0590 e. The lowest BCUT2D eigenvalue weighted by atomic mass is 10.2. The minimum absolute atomic E-state index is 0.802. The highest BCUT2D eigenvalue weighted by molar-refractivity contribution is 5.14. The Kier molecular flexibility index (Phi) is 8.47. The van der Waals surface area contributed by atoms with Crippen molar-refractivity contribution < 1.29 is 4.74 Å². The third kappa shape index (κ3) is 6.74. The Hall–Kier alpha value is -0.900. The molecule has 0 fully saturated rings. The number of ether oxygens (including phenoxy) is 1. The third-order valence-electron chi connectivity index (χ3n) is 2.93. The smallest absolute Gasteiger partial charge is 0.0590 e. The van der Waals surface area contributed by atoms with Crippen LogP contribution >= 0.6 is 0 Å². The van der Waals surface area contributed by atoms with E-state index in [4.69, 9.17) is 4.74 Å². The van der Waals surface area contributed by atoms with Crippen LogP contribution in [0.2, 0.25) is 0 Å². The molecule has 0 unspecified atom stereocenters. The summed E-state index contributed by atoms with van der Waals surface area (Å²) < 4.78 is 5.29. The number of hydrogen-bond acceptors (Lipinski definition) is 3. The normalized spacial score (nSPS) is 11.1. The van der Waals surface area contributed by atoms with E-state index in [-0.39, 0.29) is 0 Å². The molecule has 0 heterocycles. The molecule has 18 heavy (non-hydrogen) atoms. The van der Waals surface area contributed by atoms with E-state index in [1.165, 1.54) is 5.56 Å². The van der Waals surface area contributed by atoms with Gasteiger partial charge in [0.25, 0.3) is 0 Å². The number of rotatable bonds is 10. The summed E-state index contributed by atoms with van der Waals surface area (Å²) in [5.41, 5.74) is 1.38. The van der Waals surface area contributed by atoms with Gasteiger partial charge in [-0.2, -0.15) is 0 Å². The van der Waals surface area contributed by atoms with E-state index in [2.05, 4.69) is 47.5 Å². The van der Waals surface area contributed by atoms with Gasteiger partial charge in [-0.05, 0) is 19.0 Å². The number of hydrogen-bond donors (Lipinski definition) is 1. The standard InChI is InChI=1S/C15H26N2O/c1-3-17(12-10-16-11-13-18-4-2)14-15-8-6-5-7-9-15/h5-9,16H,3-4,10-14H2,1-2H3. The third-order valence-corrected chi connectivity index (χ3v) is 2.93. The van der Waals surface area contributed by atoms with Crippen LogP contribution in [-0.4, -0.2) is 44.3 Å². The van der Waals surface area contributed by atoms with E-state index in [9.17, 15) is 0 Å². The molecule has 0 radical (unpaired) electrons. The molecule has 0 atom stereocenters. The Bertz CT molecular complexity index is 290. The molecule has 0 aliphatic rings. The SMILES string of the molecule is CCOCCNCCN(CC)Cc1ccccc1. The molecule has 1 aromatic rings. The average molecular weight is 250 g/mol. The molecule has 0 bridgehead atoms. The highest BCUT2D eigenvalue weighted by Gasteiger charge is 2.02. The van der Waals surface area contributed by atoms with Gasteiger partial charge in [0.15, 0.2) is 0 Å². The summed E-state index contributed by atoms with van der Waals surface area (Å²) in [6, 6.07) is 10.6. The highest BCUT2D eigenvalue weighted by atomic mass is 16.5. The van der Waals surface area contributed by atoms with Crippen molar-refractivity contribution in [3.63, 3.8) is 0 Å². The maximum absolute atomic E-state index is 5.29. The first-order chi connectivity index (χ1) is 8.86. The minimum atomic E-state index is 0.802. The molecule has 0 aromatic heterocycles. The van der Waals surface area contributed by atoms with Gasteiger partial charge in [-0.1, -0.05) is 37.3 Å². The zero-order valence-corrected chi connectivity index (χ0v) is 11.7. The first-order valence-electron chi connectivity index (χ1n) is 6.91. The fourth-order valence-corrected chi connectivity index (χ4v) is 1.84. The summed E-state index contributed by atoms with van der Waals surface area (Å²) in [7, 11) is 0. The van der Waals surface area contributed by atoms with Crippen LogP contribution in [0.1, 0.15) is 19.4 Å². The second-order valence-corrected chi connectivity index (χ2v) is 4.30. The largest absolute Gasteiger partial charge is 0.380 e. The highest BCUT2D eigenvalue weighted by Crippen LogP contribution is 2.03. The van der Waals surface area contributed by atoms with Crippen molar-refractivity contribution in [1.82, 2.24) is 10.2 Å². The maximum atomic E-state index is 5.29. The van der Waals surface area contributed by atoms with Gasteiger partial charge >= 0.3 is 0 Å². The van der Waals surface area contributed by atoms with Gasteiger partial charge < -0.3 is 10.1 Å². The molecular weight excluding hydrogens is 224 g/mol. The number of likely N-dealkylation sites (N-methyl/N-ethyl adjacent to an activating group) is 1. The molecule has 1 rings (SSSR count). The van der Waals surface area contributed by atoms with Crippen molar-refractivity contribution in [3.8, 4) is 0 Å². The monoisotopic (exact) mass is 250 g/mol. The minimum Gasteiger partial charge on any atom is -0.380 e. The van der Waals surface area contributed by atoms with Crippen LogP contribution in [0.15, 0.2) is 30.3 Å². The summed E-state index contributed by atoms with van der Waals surface area (Å²) in [5.74, 6) is 0. The predicted octanol–water partition coefficient (Wildman–Crippen LogP) is 2.13. The first kappa shape index (κ1) is 15.2. The lowest BCUT2D eigenvalue weighted by Crippen LogP contribution is -2.33. The molecule has 102 valence electrons. The Balaban J connectivity index is 2.14. The van der Waals surface area contributed by atoms with E-state index in [0.29, 0.717) is 0 Å². The summed E-state index contributed by atoms with van der Waals surface area (Å²) in [4.78, 5) is 2.45. The molecule has 3 heteroatoms. The van der Waals surface area contributed by atoms with Crippen LogP contribution in [0.4, 0.5) is 0 Å². The van der Waals surface area contributed by atoms with Gasteiger partial charge in [-0.25, -0.2) is 0 Å². The van der Waals surface area contributed by atoms with Crippen LogP contribution < -0.4 is 5.32 Å². The summed E-state index contributed by atoms with van der Waals surface area (Å²) in [6.07, 6.45) is 0. The quantitative estimate of drug-likeness (QED) is 0.644. The fourth-order valence-electron chi connectivity index (χ4n) is 1.84. The lowest BCUT2D eigenvalue weighted by molar-refractivity contribution is 0.148. The molecule has 0 aliphatic carbocycles. The Morgan fingerprint density at radius 1 is 1.11 bits per heavy atom. The van der Waals surface area contributed by atoms with Gasteiger partial charge in [0.2, 0.25) is 0 Å². The van der Waals surface area contributed by atoms with Gasteiger partial charge in [-0.3, -0.25) is 4.90 Å². The zero-order valence-electron chi connectivity index (χ0n) is 11.7. The van der Waals surface area contributed by atoms with E-state index in [1.807, 2.05) is 6.92 Å². The number of benzene rings is 1. The molecule has 0 spiro atoms. The molecule has 0 amide bonds. The Labute approximate surface area is 111 Å². The number of nitrogens with zero attached hydrogens (tertiary/aromatic N) is 1. The zero-order chi connectivity index (χ0) is 13.1. The van der Waals surface area contributed by atoms with Gasteiger partial charge in [0.1, 0.15) is 0 Å². The van der Waals surface area contributed by atoms with Crippen LogP contribution in [0, 0.1) is 0 Å². The van der Waals surface area contributed by atoms with Crippen molar-refractivity contribution in [2.24, 2.45) is 0 Å². The van der Waals surface area contributed by atoms with Crippen LogP contribution in [0.25, 0.3) is 0 Å². The molecule has 0 saturated heterocycles. The van der Waals surface area contributed by atoms with Crippen LogP contribution in [0.3, 0.4) is 0 Å². The van der Waals surface area contributed by atoms with Crippen molar-refractivity contribution in [2.45, 2.75) is 20.4 Å². The molecular formula is C15H26N2O. The first-order valence-corrected chi connectivity index (χ1v) is 6.91. The second kappa shape index (κ2) is 10.1.